The second-order valence-corrected chi connectivity index (χ2v) is 2.99. The summed E-state index contributed by atoms with van der Waals surface area (Å²) >= 11 is 0. The molecule has 1 aliphatic rings. The summed E-state index contributed by atoms with van der Waals surface area (Å²) in [6.07, 6.45) is 2.33. The van der Waals surface area contributed by atoms with Gasteiger partial charge in [-0.3, -0.25) is 4.84 Å². The van der Waals surface area contributed by atoms with Crippen molar-refractivity contribution in [2.75, 3.05) is 6.61 Å². The number of rotatable bonds is 3. The molecule has 0 amide bonds. The summed E-state index contributed by atoms with van der Waals surface area (Å²) in [5.74, 6) is 0. The van der Waals surface area contributed by atoms with Crippen LogP contribution in [0.5, 0.6) is 0 Å². The third-order valence-corrected chi connectivity index (χ3v) is 1.72. The van der Waals surface area contributed by atoms with Crippen LogP contribution in [0.4, 0.5) is 13.2 Å². The van der Waals surface area contributed by atoms with Gasteiger partial charge >= 0.3 is 6.18 Å². The van der Waals surface area contributed by atoms with Gasteiger partial charge in [-0.1, -0.05) is 12.2 Å². The predicted octanol–water partition coefficient (Wildman–Crippen LogP) is 2.18. The molecule has 0 aromatic carbocycles. The normalized spacial score (nSPS) is 23.5. The van der Waals surface area contributed by atoms with E-state index in [1.165, 1.54) is 0 Å². The van der Waals surface area contributed by atoms with Gasteiger partial charge < -0.3 is 0 Å². The number of alkyl halides is 3. The fraction of sp³-hybridized carbons (Fsp3) is 0.750. The van der Waals surface area contributed by atoms with Gasteiger partial charge in [-0.05, 0) is 19.3 Å². The lowest BCUT2D eigenvalue weighted by atomic mass is 10.0. The van der Waals surface area contributed by atoms with E-state index in [-0.39, 0.29) is 6.04 Å². The number of hydroxylamine groups is 1. The van der Waals surface area contributed by atoms with Gasteiger partial charge in [0.1, 0.15) is 0 Å². The largest absolute Gasteiger partial charge is 0.413 e. The lowest BCUT2D eigenvalue weighted by Gasteiger charge is -2.17. The van der Waals surface area contributed by atoms with Crippen molar-refractivity contribution in [1.29, 1.82) is 0 Å². The molecule has 0 saturated heterocycles. The first kappa shape index (κ1) is 10.5. The highest BCUT2D eigenvalue weighted by atomic mass is 19.4. The minimum atomic E-state index is -4.26. The van der Waals surface area contributed by atoms with Crippen LogP contribution in [-0.4, -0.2) is 18.8 Å². The Bertz CT molecular complexity index is 179. The molecule has 0 radical (unpaired) electrons. The van der Waals surface area contributed by atoms with Crippen molar-refractivity contribution >= 4 is 0 Å². The van der Waals surface area contributed by atoms with Crippen molar-refractivity contribution < 1.29 is 18.0 Å². The van der Waals surface area contributed by atoms with Crippen LogP contribution < -0.4 is 5.48 Å². The fourth-order valence-corrected chi connectivity index (χ4v) is 1.14. The standard InChI is InChI=1S/C8H12F3NO/c9-8(10,11)6-13-12-7-4-2-1-3-5-7/h2,4,7,12H,1,3,5-6H2. The number of hydrogen-bond acceptors (Lipinski definition) is 2. The maximum Gasteiger partial charge on any atom is 0.413 e. The summed E-state index contributed by atoms with van der Waals surface area (Å²) < 4.78 is 34.9. The molecule has 0 saturated carbocycles. The zero-order valence-corrected chi connectivity index (χ0v) is 7.10. The van der Waals surface area contributed by atoms with E-state index in [4.69, 9.17) is 0 Å². The summed E-state index contributed by atoms with van der Waals surface area (Å²) in [6, 6.07) is -0.0731. The van der Waals surface area contributed by atoms with E-state index >= 15 is 0 Å². The third kappa shape index (κ3) is 4.90. The molecule has 5 heteroatoms. The molecule has 1 aliphatic carbocycles. The maximum absolute atomic E-state index is 11.6. The Morgan fingerprint density at radius 2 is 2.23 bits per heavy atom. The molecule has 1 rings (SSSR count). The zero-order valence-electron chi connectivity index (χ0n) is 7.10. The number of allylic oxidation sites excluding steroid dienone is 1. The van der Waals surface area contributed by atoms with Crippen LogP contribution in [0.3, 0.4) is 0 Å². The van der Waals surface area contributed by atoms with E-state index in [1.807, 2.05) is 12.2 Å². The topological polar surface area (TPSA) is 21.3 Å². The molecule has 0 bridgehead atoms. The van der Waals surface area contributed by atoms with Gasteiger partial charge in [0, 0.05) is 0 Å². The van der Waals surface area contributed by atoms with Crippen LogP contribution in [0.2, 0.25) is 0 Å². The van der Waals surface area contributed by atoms with Gasteiger partial charge in [-0.15, -0.1) is 0 Å². The summed E-state index contributed by atoms with van der Waals surface area (Å²) in [5, 5.41) is 0. The molecule has 1 unspecified atom stereocenters. The SMILES string of the molecule is FC(F)(F)CONC1C=CCCC1. The van der Waals surface area contributed by atoms with Gasteiger partial charge in [0.25, 0.3) is 0 Å². The molecule has 0 heterocycles. The van der Waals surface area contributed by atoms with Crippen molar-refractivity contribution in [2.45, 2.75) is 31.5 Å². The van der Waals surface area contributed by atoms with E-state index in [2.05, 4.69) is 10.3 Å². The number of nitrogens with one attached hydrogen (secondary N) is 1. The minimum absolute atomic E-state index is 0.0731. The maximum atomic E-state index is 11.6. The highest BCUT2D eigenvalue weighted by Crippen LogP contribution is 2.15. The van der Waals surface area contributed by atoms with E-state index in [9.17, 15) is 13.2 Å². The van der Waals surface area contributed by atoms with Crippen molar-refractivity contribution in [1.82, 2.24) is 5.48 Å². The third-order valence-electron chi connectivity index (χ3n) is 1.72. The van der Waals surface area contributed by atoms with Crippen molar-refractivity contribution in [3.8, 4) is 0 Å². The first-order valence-electron chi connectivity index (χ1n) is 4.19. The van der Waals surface area contributed by atoms with Gasteiger partial charge in [-0.2, -0.15) is 18.7 Å². The first-order valence-corrected chi connectivity index (χ1v) is 4.19. The molecule has 0 aliphatic heterocycles. The molecular weight excluding hydrogens is 183 g/mol. The van der Waals surface area contributed by atoms with Gasteiger partial charge in [-0.25, -0.2) is 0 Å². The molecule has 1 N–H and O–H groups in total. The Balaban J connectivity index is 2.12. The molecular formula is C8H12F3NO. The molecule has 13 heavy (non-hydrogen) atoms. The first-order chi connectivity index (χ1) is 6.08. The Morgan fingerprint density at radius 3 is 2.77 bits per heavy atom. The molecule has 76 valence electrons. The minimum Gasteiger partial charge on any atom is -0.292 e. The smallest absolute Gasteiger partial charge is 0.292 e. The molecule has 0 aromatic rings. The van der Waals surface area contributed by atoms with Gasteiger partial charge in [0.2, 0.25) is 0 Å². The molecule has 0 fully saturated rings. The average Bonchev–Trinajstić information content (AvgIpc) is 2.04. The van der Waals surface area contributed by atoms with Crippen LogP contribution in [0.15, 0.2) is 12.2 Å². The fourth-order valence-electron chi connectivity index (χ4n) is 1.14. The summed E-state index contributed by atoms with van der Waals surface area (Å²) in [7, 11) is 0. The second-order valence-electron chi connectivity index (χ2n) is 2.99. The second kappa shape index (κ2) is 4.62. The van der Waals surface area contributed by atoms with Crippen LogP contribution in [-0.2, 0) is 4.84 Å². The van der Waals surface area contributed by atoms with E-state index < -0.39 is 12.8 Å². The molecule has 1 atom stereocenters. The molecule has 0 aromatic heterocycles. The van der Waals surface area contributed by atoms with Crippen LogP contribution >= 0.6 is 0 Å². The summed E-state index contributed by atoms with van der Waals surface area (Å²) in [4.78, 5) is 4.31. The lowest BCUT2D eigenvalue weighted by Crippen LogP contribution is -2.32. The van der Waals surface area contributed by atoms with Crippen molar-refractivity contribution in [3.63, 3.8) is 0 Å². The Morgan fingerprint density at radius 1 is 1.46 bits per heavy atom. The van der Waals surface area contributed by atoms with Gasteiger partial charge in [0.15, 0.2) is 6.61 Å². The van der Waals surface area contributed by atoms with Crippen LogP contribution in [0, 0.1) is 0 Å². The highest BCUT2D eigenvalue weighted by molar-refractivity contribution is 4.96. The lowest BCUT2D eigenvalue weighted by molar-refractivity contribution is -0.191. The van der Waals surface area contributed by atoms with Gasteiger partial charge in [0.05, 0.1) is 6.04 Å². The Labute approximate surface area is 74.7 Å². The van der Waals surface area contributed by atoms with Crippen molar-refractivity contribution in [2.24, 2.45) is 0 Å². The van der Waals surface area contributed by atoms with Crippen LogP contribution in [0.1, 0.15) is 19.3 Å². The Hall–Kier alpha value is -0.550. The Kier molecular flexibility index (Phi) is 3.74. The molecule has 2 nitrogen and oxygen atoms in total. The van der Waals surface area contributed by atoms with E-state index in [0.29, 0.717) is 0 Å². The van der Waals surface area contributed by atoms with E-state index in [1.54, 1.807) is 0 Å². The zero-order chi connectivity index (χ0) is 9.73. The van der Waals surface area contributed by atoms with Crippen LogP contribution in [0.25, 0.3) is 0 Å². The number of halogens is 3. The highest BCUT2D eigenvalue weighted by Gasteiger charge is 2.28. The average molecular weight is 195 g/mol. The quantitative estimate of drug-likeness (QED) is 0.550. The van der Waals surface area contributed by atoms with Crippen molar-refractivity contribution in [3.05, 3.63) is 12.2 Å². The molecule has 0 spiro atoms. The number of hydrogen-bond donors (Lipinski definition) is 1. The predicted molar refractivity (Wildman–Crippen MR) is 41.9 cm³/mol. The summed E-state index contributed by atoms with van der Waals surface area (Å²) in [5.41, 5.74) is 2.37. The van der Waals surface area contributed by atoms with E-state index in [0.717, 1.165) is 19.3 Å². The monoisotopic (exact) mass is 195 g/mol. The summed E-state index contributed by atoms with van der Waals surface area (Å²) in [6.45, 7) is -1.24.